The van der Waals surface area contributed by atoms with Crippen LogP contribution in [-0.4, -0.2) is 55.4 Å². The predicted molar refractivity (Wildman–Crippen MR) is 72.0 cm³/mol. The van der Waals surface area contributed by atoms with Gasteiger partial charge in [0, 0.05) is 5.56 Å². The quantitative estimate of drug-likeness (QED) is 0.360. The molecule has 0 heterocycles. The number of nitrogens with one attached hydrogen (secondary N) is 1. The Balaban J connectivity index is 0.00000361. The molecule has 0 fully saturated rings. The molecule has 20 heavy (non-hydrogen) atoms. The summed E-state index contributed by atoms with van der Waals surface area (Å²) >= 11 is 0. The van der Waals surface area contributed by atoms with Gasteiger partial charge >= 0.3 is 5.97 Å². The van der Waals surface area contributed by atoms with Gasteiger partial charge in [0.15, 0.2) is 6.54 Å². The molecule has 7 heteroatoms. The molecule has 1 rings (SSSR count). The first kappa shape index (κ1) is 18.1. The average molecular weight is 300 g/mol. The van der Waals surface area contributed by atoms with Gasteiger partial charge in [-0.05, 0) is 6.07 Å². The van der Waals surface area contributed by atoms with E-state index in [4.69, 9.17) is 5.11 Å². The van der Waals surface area contributed by atoms with Crippen molar-refractivity contribution in [3.05, 3.63) is 35.4 Å². The first-order valence-corrected chi connectivity index (χ1v) is 5.74. The van der Waals surface area contributed by atoms with Crippen LogP contribution in [0.25, 0.3) is 0 Å². The Morgan fingerprint density at radius 1 is 1.30 bits per heavy atom. The second kappa shape index (κ2) is 7.62. The van der Waals surface area contributed by atoms with Gasteiger partial charge in [-0.15, -0.1) is 0 Å². The standard InChI is InChI=1S/C13H17N3O3.ClH/c1-16(2,3)9-12(17)15-14-8-10-6-4-5-7-11(10)13(18)19;/h4-8H,9H2,1-3H3,(H-,15,17,18,19);1H. The summed E-state index contributed by atoms with van der Waals surface area (Å²) in [6, 6.07) is 6.45. The number of carboxylic acid groups (broad SMARTS) is 1. The van der Waals surface area contributed by atoms with Gasteiger partial charge in [0.1, 0.15) is 0 Å². The maximum absolute atomic E-state index is 11.5. The van der Waals surface area contributed by atoms with Gasteiger partial charge in [0.05, 0.1) is 32.9 Å². The summed E-state index contributed by atoms with van der Waals surface area (Å²) in [6.45, 7) is 0.290. The number of nitrogens with zero attached hydrogens (tertiary/aromatic N) is 2. The number of aromatic carboxylic acids is 1. The second-order valence-electron chi connectivity index (χ2n) is 5.13. The van der Waals surface area contributed by atoms with E-state index in [2.05, 4.69) is 10.5 Å². The van der Waals surface area contributed by atoms with Crippen LogP contribution in [0.5, 0.6) is 0 Å². The van der Waals surface area contributed by atoms with Crippen molar-refractivity contribution in [3.8, 4) is 0 Å². The molecular formula is C13H18ClN3O3. The van der Waals surface area contributed by atoms with Gasteiger partial charge < -0.3 is 22.0 Å². The summed E-state index contributed by atoms with van der Waals surface area (Å²) in [5, 5.41) is 12.7. The number of carboxylic acids is 1. The number of hydrogen-bond acceptors (Lipinski definition) is 3. The number of halogens is 1. The number of carbonyl (C=O) groups is 2. The lowest BCUT2D eigenvalue weighted by molar-refractivity contribution is -0.862. The van der Waals surface area contributed by atoms with Crippen LogP contribution in [0.1, 0.15) is 15.9 Å². The number of hydrazone groups is 1. The molecule has 0 saturated carbocycles. The molecule has 0 radical (unpaired) electrons. The monoisotopic (exact) mass is 299 g/mol. The van der Waals surface area contributed by atoms with Crippen LogP contribution in [0.3, 0.4) is 0 Å². The van der Waals surface area contributed by atoms with E-state index in [9.17, 15) is 9.59 Å². The van der Waals surface area contributed by atoms with Crippen LogP contribution in [0.4, 0.5) is 0 Å². The Kier molecular flexibility index (Phi) is 6.89. The Morgan fingerprint density at radius 3 is 2.45 bits per heavy atom. The lowest BCUT2D eigenvalue weighted by Gasteiger charge is -2.21. The third-order valence-electron chi connectivity index (χ3n) is 2.20. The highest BCUT2D eigenvalue weighted by molar-refractivity contribution is 5.98. The van der Waals surface area contributed by atoms with Crippen LogP contribution in [0.2, 0.25) is 0 Å². The minimum Gasteiger partial charge on any atom is -1.00 e. The summed E-state index contributed by atoms with van der Waals surface area (Å²) in [4.78, 5) is 22.5. The molecule has 0 bridgehead atoms. The smallest absolute Gasteiger partial charge is 0.336 e. The molecule has 0 unspecified atom stereocenters. The third-order valence-corrected chi connectivity index (χ3v) is 2.20. The van der Waals surface area contributed by atoms with E-state index >= 15 is 0 Å². The van der Waals surface area contributed by atoms with Gasteiger partial charge in [0.25, 0.3) is 5.91 Å². The van der Waals surface area contributed by atoms with Gasteiger partial charge in [-0.3, -0.25) is 4.79 Å². The fourth-order valence-corrected chi connectivity index (χ4v) is 1.44. The third kappa shape index (κ3) is 6.31. The first-order chi connectivity index (χ1) is 8.79. The number of rotatable bonds is 5. The summed E-state index contributed by atoms with van der Waals surface area (Å²) in [5.41, 5.74) is 2.97. The van der Waals surface area contributed by atoms with Gasteiger partial charge in [-0.1, -0.05) is 18.2 Å². The van der Waals surface area contributed by atoms with E-state index in [-0.39, 0.29) is 30.4 Å². The van der Waals surface area contributed by atoms with Crippen molar-refractivity contribution in [2.75, 3.05) is 27.7 Å². The highest BCUT2D eigenvalue weighted by Gasteiger charge is 2.13. The summed E-state index contributed by atoms with van der Waals surface area (Å²) in [6.07, 6.45) is 1.33. The topological polar surface area (TPSA) is 78.8 Å². The minimum absolute atomic E-state index is 0. The van der Waals surface area contributed by atoms with E-state index in [1.165, 1.54) is 12.3 Å². The Bertz CT molecular complexity index is 510. The fourth-order valence-electron chi connectivity index (χ4n) is 1.44. The maximum Gasteiger partial charge on any atom is 0.336 e. The maximum atomic E-state index is 11.5. The van der Waals surface area contributed by atoms with Crippen molar-refractivity contribution < 1.29 is 31.6 Å². The van der Waals surface area contributed by atoms with Crippen LogP contribution in [-0.2, 0) is 4.79 Å². The van der Waals surface area contributed by atoms with Crippen molar-refractivity contribution >= 4 is 18.1 Å². The molecule has 110 valence electrons. The van der Waals surface area contributed by atoms with Gasteiger partial charge in [0.2, 0.25) is 0 Å². The van der Waals surface area contributed by atoms with E-state index in [0.29, 0.717) is 10.0 Å². The van der Waals surface area contributed by atoms with E-state index in [1.54, 1.807) is 18.2 Å². The molecule has 0 saturated heterocycles. The Hall–Kier alpha value is -1.92. The first-order valence-electron chi connectivity index (χ1n) is 5.74. The molecule has 0 aliphatic carbocycles. The zero-order valence-electron chi connectivity index (χ0n) is 11.6. The molecule has 1 amide bonds. The zero-order valence-corrected chi connectivity index (χ0v) is 12.4. The summed E-state index contributed by atoms with van der Waals surface area (Å²) in [7, 11) is 5.68. The van der Waals surface area contributed by atoms with E-state index < -0.39 is 5.97 Å². The molecule has 0 aromatic heterocycles. The highest BCUT2D eigenvalue weighted by atomic mass is 35.5. The molecule has 2 N–H and O–H groups in total. The normalized spacial score (nSPS) is 10.9. The van der Waals surface area contributed by atoms with Gasteiger partial charge in [-0.2, -0.15) is 5.10 Å². The number of likely N-dealkylation sites (N-methyl/N-ethyl adjacent to an activating group) is 1. The van der Waals surface area contributed by atoms with Crippen LogP contribution >= 0.6 is 0 Å². The molecule has 1 aromatic rings. The van der Waals surface area contributed by atoms with E-state index in [0.717, 1.165) is 0 Å². The molecular weight excluding hydrogens is 282 g/mol. The molecule has 0 aliphatic heterocycles. The summed E-state index contributed by atoms with van der Waals surface area (Å²) < 4.78 is 0.493. The largest absolute Gasteiger partial charge is 1.00 e. The van der Waals surface area contributed by atoms with Crippen LogP contribution < -0.4 is 17.8 Å². The molecule has 6 nitrogen and oxygen atoms in total. The zero-order chi connectivity index (χ0) is 14.5. The fraction of sp³-hybridized carbons (Fsp3) is 0.308. The highest BCUT2D eigenvalue weighted by Crippen LogP contribution is 2.05. The summed E-state index contributed by atoms with van der Waals surface area (Å²) in [5.74, 6) is -1.25. The van der Waals surface area contributed by atoms with Gasteiger partial charge in [-0.25, -0.2) is 10.2 Å². The van der Waals surface area contributed by atoms with Crippen LogP contribution in [0, 0.1) is 0 Å². The predicted octanol–water partition coefficient (Wildman–Crippen LogP) is -2.45. The average Bonchev–Trinajstić information content (AvgIpc) is 2.27. The number of benzene rings is 1. The SMILES string of the molecule is C[N+](C)(C)CC(=O)NN=Cc1ccccc1C(=O)O.[Cl-]. The number of hydrogen-bond donors (Lipinski definition) is 2. The molecule has 0 atom stereocenters. The van der Waals surface area contributed by atoms with E-state index in [1.807, 2.05) is 21.1 Å². The van der Waals surface area contributed by atoms with Crippen molar-refractivity contribution in [3.63, 3.8) is 0 Å². The van der Waals surface area contributed by atoms with Crippen molar-refractivity contribution in [1.82, 2.24) is 5.43 Å². The van der Waals surface area contributed by atoms with Crippen molar-refractivity contribution in [1.29, 1.82) is 0 Å². The number of amides is 1. The molecule has 0 spiro atoms. The second-order valence-corrected chi connectivity index (χ2v) is 5.13. The number of carbonyl (C=O) groups excluding carboxylic acids is 1. The molecule has 1 aromatic carbocycles. The van der Waals surface area contributed by atoms with Crippen molar-refractivity contribution in [2.45, 2.75) is 0 Å². The van der Waals surface area contributed by atoms with Crippen molar-refractivity contribution in [2.24, 2.45) is 5.10 Å². The number of quaternary nitrogens is 1. The minimum atomic E-state index is -1.03. The Morgan fingerprint density at radius 2 is 1.90 bits per heavy atom. The lowest BCUT2D eigenvalue weighted by Crippen LogP contribution is -3.00. The molecule has 0 aliphatic rings. The van der Waals surface area contributed by atoms with Crippen LogP contribution in [0.15, 0.2) is 29.4 Å². The Labute approximate surface area is 124 Å². The lowest BCUT2D eigenvalue weighted by atomic mass is 10.1.